The summed E-state index contributed by atoms with van der Waals surface area (Å²) in [7, 11) is 1.72. The smallest absolute Gasteiger partial charge is 0.328 e. The first-order valence-electron chi connectivity index (χ1n) is 13.0. The van der Waals surface area contributed by atoms with Crippen molar-refractivity contribution < 1.29 is 4.74 Å². The number of fused-ring (bicyclic) bond motifs is 6. The number of nitrogens with zero attached hydrogens (tertiary/aromatic N) is 3. The highest BCUT2D eigenvalue weighted by molar-refractivity contribution is 7.25. The Labute approximate surface area is 234 Å². The molecule has 5 aromatic rings. The number of ether oxygens (including phenoxy) is 1. The molecule has 2 N–H and O–H groups in total. The summed E-state index contributed by atoms with van der Waals surface area (Å²) in [6.45, 7) is 1.29. The molecule has 39 heavy (non-hydrogen) atoms. The zero-order valence-electron chi connectivity index (χ0n) is 21.3. The number of aromatic nitrogens is 4. The average molecular weight is 562 g/mol. The molecule has 200 valence electrons. The highest BCUT2D eigenvalue weighted by Crippen LogP contribution is 2.45. The van der Waals surface area contributed by atoms with Crippen LogP contribution in [0.4, 0.5) is 0 Å². The maximum absolute atomic E-state index is 13.5. The normalized spacial score (nSPS) is 20.0. The molecule has 0 bridgehead atoms. The summed E-state index contributed by atoms with van der Waals surface area (Å²) >= 11 is 1.28. The van der Waals surface area contributed by atoms with Gasteiger partial charge in [-0.15, -0.1) is 23.7 Å². The van der Waals surface area contributed by atoms with E-state index in [1.54, 1.807) is 13.3 Å². The first-order chi connectivity index (χ1) is 18.6. The molecule has 3 atom stereocenters. The summed E-state index contributed by atoms with van der Waals surface area (Å²) in [5, 5.41) is 3.68. The molecule has 10 heteroatoms. The van der Waals surface area contributed by atoms with Crippen molar-refractivity contribution in [2.75, 3.05) is 13.7 Å². The van der Waals surface area contributed by atoms with Gasteiger partial charge in [0.05, 0.1) is 24.5 Å². The number of hydrogen-bond donors (Lipinski definition) is 2. The van der Waals surface area contributed by atoms with Gasteiger partial charge in [0, 0.05) is 24.1 Å². The van der Waals surface area contributed by atoms with Crippen LogP contribution in [-0.2, 0) is 13.0 Å². The molecule has 4 heterocycles. The number of rotatable bonds is 5. The fourth-order valence-corrected chi connectivity index (χ4v) is 7.34. The lowest BCUT2D eigenvalue weighted by atomic mass is 9.73. The van der Waals surface area contributed by atoms with Crippen LogP contribution >= 0.6 is 23.7 Å². The Morgan fingerprint density at radius 1 is 1.13 bits per heavy atom. The van der Waals surface area contributed by atoms with Gasteiger partial charge in [0.15, 0.2) is 0 Å². The number of benzene rings is 2. The summed E-state index contributed by atoms with van der Waals surface area (Å²) in [4.78, 5) is 39.5. The van der Waals surface area contributed by atoms with Gasteiger partial charge in [0.2, 0.25) is 0 Å². The molecule has 7 rings (SSSR count). The Hall–Kier alpha value is -3.53. The van der Waals surface area contributed by atoms with Crippen molar-refractivity contribution in [2.45, 2.75) is 37.8 Å². The second-order valence-electron chi connectivity index (χ2n) is 10.1. The molecule has 0 saturated carbocycles. The summed E-state index contributed by atoms with van der Waals surface area (Å²) in [5.41, 5.74) is 4.60. The summed E-state index contributed by atoms with van der Waals surface area (Å²) in [5.74, 6) is 1.85. The molecule has 0 radical (unpaired) electrons. The largest absolute Gasteiger partial charge is 0.496 e. The lowest BCUT2D eigenvalue weighted by Crippen LogP contribution is -2.37. The van der Waals surface area contributed by atoms with E-state index >= 15 is 0 Å². The standard InChI is InChI=1S/C29H27N5O3S.ClH/c1-37-22-9-5-8-19-18(22)11-10-17-14-30-20(23(17)19)12-13-34-28(35)26-24(33-29(34)36)25-27(38-26)31-15-21(32-25)16-6-3-2-4-7-16;/h2-9,15,17,20,23,30H,10-14H2,1H3,(H,33,36);1H/t17-,20?,23+;/m0./s1. The van der Waals surface area contributed by atoms with Crippen molar-refractivity contribution in [2.24, 2.45) is 5.92 Å². The van der Waals surface area contributed by atoms with Gasteiger partial charge in [0.25, 0.3) is 5.56 Å². The quantitative estimate of drug-likeness (QED) is 0.328. The van der Waals surface area contributed by atoms with Gasteiger partial charge in [-0.2, -0.15) is 0 Å². The van der Waals surface area contributed by atoms with E-state index in [-0.39, 0.29) is 24.0 Å². The van der Waals surface area contributed by atoms with E-state index in [9.17, 15) is 9.59 Å². The lowest BCUT2D eigenvalue weighted by molar-refractivity contribution is 0.371. The van der Waals surface area contributed by atoms with E-state index in [2.05, 4.69) is 27.4 Å². The molecule has 1 aliphatic carbocycles. The third-order valence-electron chi connectivity index (χ3n) is 8.15. The number of thiophene rings is 1. The number of aromatic amines is 1. The van der Waals surface area contributed by atoms with E-state index in [1.807, 2.05) is 36.4 Å². The molecular weight excluding hydrogens is 534 g/mol. The van der Waals surface area contributed by atoms with Crippen molar-refractivity contribution in [1.82, 2.24) is 24.8 Å². The molecule has 8 nitrogen and oxygen atoms in total. The lowest BCUT2D eigenvalue weighted by Gasteiger charge is -2.32. The second kappa shape index (κ2) is 10.2. The monoisotopic (exact) mass is 561 g/mol. The molecule has 0 amide bonds. The zero-order chi connectivity index (χ0) is 25.8. The Kier molecular flexibility index (Phi) is 6.74. The number of nitrogens with one attached hydrogen (secondary N) is 2. The van der Waals surface area contributed by atoms with Crippen LogP contribution in [0, 0.1) is 5.92 Å². The summed E-state index contributed by atoms with van der Waals surface area (Å²) < 4.78 is 7.45. The number of hydrogen-bond acceptors (Lipinski definition) is 7. The summed E-state index contributed by atoms with van der Waals surface area (Å²) in [6, 6.07) is 16.2. The van der Waals surface area contributed by atoms with Crippen molar-refractivity contribution in [1.29, 1.82) is 0 Å². The number of H-pyrrole nitrogens is 1. The van der Waals surface area contributed by atoms with Gasteiger partial charge < -0.3 is 15.0 Å². The maximum atomic E-state index is 13.5. The number of halogens is 1. The first kappa shape index (κ1) is 25.7. The SMILES string of the molecule is COc1cccc2c1CC[C@H]1CNC(CCn3c(=O)[nH]c4c(sc5ncc(-c6ccccc6)nc54)c3=O)[C@@H]21.Cl. The van der Waals surface area contributed by atoms with Gasteiger partial charge in [0.1, 0.15) is 20.8 Å². The average Bonchev–Trinajstić information content (AvgIpc) is 3.54. The van der Waals surface area contributed by atoms with E-state index in [0.29, 0.717) is 51.1 Å². The van der Waals surface area contributed by atoms with Gasteiger partial charge in [-0.1, -0.05) is 42.5 Å². The zero-order valence-corrected chi connectivity index (χ0v) is 23.0. The van der Waals surface area contributed by atoms with Crippen molar-refractivity contribution in [3.8, 4) is 17.0 Å². The van der Waals surface area contributed by atoms with Crippen molar-refractivity contribution >= 4 is 44.3 Å². The molecule has 1 unspecified atom stereocenters. The third-order valence-corrected chi connectivity index (χ3v) is 9.22. The van der Waals surface area contributed by atoms with Crippen molar-refractivity contribution in [3.63, 3.8) is 0 Å². The van der Waals surface area contributed by atoms with Gasteiger partial charge >= 0.3 is 5.69 Å². The fourth-order valence-electron chi connectivity index (χ4n) is 6.35. The fraction of sp³-hybridized carbons (Fsp3) is 0.310. The minimum Gasteiger partial charge on any atom is -0.496 e. The Morgan fingerprint density at radius 2 is 1.97 bits per heavy atom. The van der Waals surface area contributed by atoms with Crippen LogP contribution in [0.5, 0.6) is 5.75 Å². The van der Waals surface area contributed by atoms with E-state index < -0.39 is 5.69 Å². The minimum absolute atomic E-state index is 0. The molecule has 1 saturated heterocycles. The van der Waals surface area contributed by atoms with Crippen LogP contribution < -0.4 is 21.3 Å². The molecule has 2 aliphatic rings. The van der Waals surface area contributed by atoms with E-state index in [1.165, 1.54) is 27.0 Å². The minimum atomic E-state index is -0.408. The molecule has 0 spiro atoms. The topological polar surface area (TPSA) is 102 Å². The van der Waals surface area contributed by atoms with Gasteiger partial charge in [-0.3, -0.25) is 9.36 Å². The Balaban J connectivity index is 0.00000277. The predicted molar refractivity (Wildman–Crippen MR) is 156 cm³/mol. The van der Waals surface area contributed by atoms with Crippen LogP contribution in [0.3, 0.4) is 0 Å². The number of methoxy groups -OCH3 is 1. The Bertz CT molecular complexity index is 1800. The highest BCUT2D eigenvalue weighted by atomic mass is 35.5. The van der Waals surface area contributed by atoms with E-state index in [4.69, 9.17) is 9.72 Å². The predicted octanol–water partition coefficient (Wildman–Crippen LogP) is 4.50. The van der Waals surface area contributed by atoms with Crippen LogP contribution in [0.15, 0.2) is 64.3 Å². The van der Waals surface area contributed by atoms with Gasteiger partial charge in [-0.25, -0.2) is 14.8 Å². The molecular formula is C29H28ClN5O3S. The Morgan fingerprint density at radius 3 is 2.79 bits per heavy atom. The molecule has 3 aromatic heterocycles. The first-order valence-corrected chi connectivity index (χ1v) is 13.8. The molecule has 2 aromatic carbocycles. The van der Waals surface area contributed by atoms with Crippen LogP contribution in [0.25, 0.3) is 31.8 Å². The molecule has 1 fully saturated rings. The van der Waals surface area contributed by atoms with Crippen LogP contribution in [0.2, 0.25) is 0 Å². The van der Waals surface area contributed by atoms with Crippen LogP contribution in [0.1, 0.15) is 29.9 Å². The van der Waals surface area contributed by atoms with Crippen LogP contribution in [-0.4, -0.2) is 39.2 Å². The van der Waals surface area contributed by atoms with Crippen molar-refractivity contribution in [3.05, 3.63) is 86.7 Å². The second-order valence-corrected chi connectivity index (χ2v) is 11.1. The maximum Gasteiger partial charge on any atom is 0.328 e. The van der Waals surface area contributed by atoms with Gasteiger partial charge in [-0.05, 0) is 48.9 Å². The van der Waals surface area contributed by atoms with E-state index in [0.717, 1.165) is 30.7 Å². The molecule has 1 aliphatic heterocycles. The summed E-state index contributed by atoms with van der Waals surface area (Å²) in [6.07, 6.45) is 4.53. The third kappa shape index (κ3) is 4.25. The highest BCUT2D eigenvalue weighted by Gasteiger charge is 2.40.